The molecule has 0 amide bonds. The molecule has 4 aliphatic carbocycles. The average molecular weight is 965 g/mol. The Balaban J connectivity index is 0.00000148. The number of halogens is 2. The van der Waals surface area contributed by atoms with E-state index in [9.17, 15) is 0 Å². The van der Waals surface area contributed by atoms with Crippen LogP contribution in [0.5, 0.6) is 0 Å². The number of furan rings is 2. The van der Waals surface area contributed by atoms with E-state index < -0.39 is 20.8 Å². The van der Waals surface area contributed by atoms with Gasteiger partial charge < -0.3 is 8.83 Å². The first-order valence-electron chi connectivity index (χ1n) is 22.6. The van der Waals surface area contributed by atoms with Crippen molar-refractivity contribution in [2.45, 2.75) is 62.4 Å². The van der Waals surface area contributed by atoms with Gasteiger partial charge in [0.25, 0.3) is 0 Å². The van der Waals surface area contributed by atoms with Gasteiger partial charge in [0.15, 0.2) is 0 Å². The van der Waals surface area contributed by atoms with Gasteiger partial charge in [-0.2, -0.15) is 0 Å². The predicted octanol–water partition coefficient (Wildman–Crippen LogP) is 16.4. The van der Waals surface area contributed by atoms with Crippen LogP contribution in [0, 0.1) is 0 Å². The SMILES string of the molecule is C1=C(c2ccc(-c3ccccc3)o2)C(C[Si]CC2C(c3ccc(-c4ccccc4)o3)=Cc3c2cc2c(c3-c3ccccc3)CCC2)c2cc3c(c(-c4ccccc4)c21)CCC3.[Cl][Zr][Cl]. The number of aryl methyl sites for hydroxylation is 2. The van der Waals surface area contributed by atoms with Gasteiger partial charge in [0.05, 0.1) is 0 Å². The molecule has 4 aliphatic rings. The molecule has 0 spiro atoms. The zero-order chi connectivity index (χ0) is 43.0. The molecule has 12 rings (SSSR count). The van der Waals surface area contributed by atoms with Crippen LogP contribution in [0.3, 0.4) is 0 Å². The Labute approximate surface area is 397 Å². The molecule has 312 valence electrons. The van der Waals surface area contributed by atoms with Gasteiger partial charge in [-0.05, 0) is 154 Å². The van der Waals surface area contributed by atoms with Gasteiger partial charge >= 0.3 is 37.9 Å². The zero-order valence-corrected chi connectivity index (χ0v) is 40.5. The van der Waals surface area contributed by atoms with Crippen molar-refractivity contribution >= 4 is 49.8 Å². The summed E-state index contributed by atoms with van der Waals surface area (Å²) in [6.45, 7) is 0. The molecule has 0 saturated carbocycles. The van der Waals surface area contributed by atoms with Crippen molar-refractivity contribution in [1.29, 1.82) is 0 Å². The number of hydrogen-bond acceptors (Lipinski definition) is 2. The standard InChI is InChI=1S/C58H46O2Si.2ClH.Zr/c1-5-15-37(16-6-1)53-27-29-55(59-53)47-33-49-45(31-41-23-13-25-43(41)57(49)39-19-9-3-10-20-39)51(47)35-61-36-52-46-32-42-24-14-26-44(42)58(40-21-11-4-12-22-40)50(46)34-48(52)56-30-28-54(60-56)38-17-7-2-8-18-38;;;/h1-12,15-22,27-34,51-52H,13-14,23-26,35-36H2;2*1H;/q;;;+2/p-2. The molecule has 6 heteroatoms. The van der Waals surface area contributed by atoms with Crippen LogP contribution in [0.1, 0.15) is 80.7 Å². The average Bonchev–Trinajstić information content (AvgIpc) is 4.22. The Morgan fingerprint density at radius 2 is 0.812 bits per heavy atom. The van der Waals surface area contributed by atoms with Crippen LogP contribution < -0.4 is 0 Å². The Bertz CT molecular complexity index is 2820. The molecule has 2 unspecified atom stereocenters. The molecule has 2 aromatic heterocycles. The Hall–Kier alpha value is -4.96. The van der Waals surface area contributed by atoms with Gasteiger partial charge in [0, 0.05) is 43.6 Å². The third kappa shape index (κ3) is 7.85. The van der Waals surface area contributed by atoms with Crippen LogP contribution in [0.25, 0.3) is 68.2 Å². The first kappa shape index (κ1) is 41.7. The monoisotopic (exact) mass is 962 g/mol. The minimum atomic E-state index is -0.826. The van der Waals surface area contributed by atoms with Gasteiger partial charge in [-0.3, -0.25) is 0 Å². The van der Waals surface area contributed by atoms with Crippen molar-refractivity contribution in [1.82, 2.24) is 0 Å². The van der Waals surface area contributed by atoms with Crippen LogP contribution in [-0.2, 0) is 46.5 Å². The fourth-order valence-corrected chi connectivity index (χ4v) is 12.6. The molecule has 0 aliphatic heterocycles. The summed E-state index contributed by atoms with van der Waals surface area (Å²) in [4.78, 5) is 0. The van der Waals surface area contributed by atoms with Crippen molar-refractivity contribution in [3.63, 3.8) is 0 Å². The maximum atomic E-state index is 6.81. The Kier molecular flexibility index (Phi) is 12.1. The number of benzene rings is 6. The van der Waals surface area contributed by atoms with Gasteiger partial charge in [0.1, 0.15) is 23.0 Å². The number of fused-ring (bicyclic) bond motifs is 4. The molecule has 6 aromatic carbocycles. The molecular weight excluding hydrogens is 919 g/mol. The van der Waals surface area contributed by atoms with Gasteiger partial charge in [-0.1, -0.05) is 133 Å². The summed E-state index contributed by atoms with van der Waals surface area (Å²) in [6, 6.07) is 59.4. The molecule has 2 nitrogen and oxygen atoms in total. The Morgan fingerprint density at radius 1 is 0.453 bits per heavy atom. The van der Waals surface area contributed by atoms with E-state index in [1.165, 1.54) is 79.6 Å². The fraction of sp³-hybridized carbons (Fsp3) is 0.172. The number of rotatable bonds is 10. The molecular formula is C58H46Cl2O2SiZr. The second-order valence-corrected chi connectivity index (χ2v) is 22.4. The van der Waals surface area contributed by atoms with Crippen molar-refractivity contribution in [2.24, 2.45) is 0 Å². The van der Waals surface area contributed by atoms with Crippen LogP contribution in [-0.4, -0.2) is 9.52 Å². The topological polar surface area (TPSA) is 26.3 Å². The molecule has 0 bridgehead atoms. The van der Waals surface area contributed by atoms with E-state index in [2.05, 4.69) is 170 Å². The van der Waals surface area contributed by atoms with Gasteiger partial charge in [-0.25, -0.2) is 0 Å². The number of hydrogen-bond donors (Lipinski definition) is 0. The summed E-state index contributed by atoms with van der Waals surface area (Å²) < 4.78 is 13.6. The first-order chi connectivity index (χ1) is 31.7. The second-order valence-electron chi connectivity index (χ2n) is 17.3. The molecule has 0 fully saturated rings. The van der Waals surface area contributed by atoms with E-state index in [-0.39, 0.29) is 11.8 Å². The van der Waals surface area contributed by atoms with Crippen LogP contribution in [0.2, 0.25) is 12.1 Å². The summed E-state index contributed by atoms with van der Waals surface area (Å²) in [5, 5.41) is 0. The molecule has 2 heterocycles. The molecule has 64 heavy (non-hydrogen) atoms. The fourth-order valence-electron chi connectivity index (χ4n) is 11.0. The van der Waals surface area contributed by atoms with Crippen molar-refractivity contribution in [3.05, 3.63) is 214 Å². The van der Waals surface area contributed by atoms with Crippen LogP contribution in [0.15, 0.2) is 167 Å². The summed E-state index contributed by atoms with van der Waals surface area (Å²) in [6.07, 6.45) is 12.0. The van der Waals surface area contributed by atoms with Crippen LogP contribution >= 0.6 is 17.0 Å². The van der Waals surface area contributed by atoms with Crippen molar-refractivity contribution in [3.8, 4) is 44.9 Å². The summed E-state index contributed by atoms with van der Waals surface area (Å²) in [5.41, 5.74) is 22.3. The van der Waals surface area contributed by atoms with E-state index in [0.717, 1.165) is 81.5 Å². The summed E-state index contributed by atoms with van der Waals surface area (Å²) in [5.74, 6) is 4.32. The first-order valence-corrected chi connectivity index (χ1v) is 30.3. The summed E-state index contributed by atoms with van der Waals surface area (Å²) >= 11 is -0.826. The number of allylic oxidation sites excluding steroid dienone is 2. The van der Waals surface area contributed by atoms with Gasteiger partial charge in [0.2, 0.25) is 0 Å². The molecule has 8 aromatic rings. The third-order valence-corrected chi connectivity index (χ3v) is 15.2. The van der Waals surface area contributed by atoms with E-state index in [1.54, 1.807) is 11.1 Å². The van der Waals surface area contributed by atoms with E-state index in [0.29, 0.717) is 0 Å². The normalized spacial score (nSPS) is 16.6. The predicted molar refractivity (Wildman–Crippen MR) is 264 cm³/mol. The van der Waals surface area contributed by atoms with E-state index in [1.807, 2.05) is 0 Å². The molecule has 2 atom stereocenters. The Morgan fingerprint density at radius 3 is 1.20 bits per heavy atom. The van der Waals surface area contributed by atoms with Crippen molar-refractivity contribution < 1.29 is 29.7 Å². The molecule has 0 saturated heterocycles. The van der Waals surface area contributed by atoms with Crippen LogP contribution in [0.4, 0.5) is 0 Å². The minimum absolute atomic E-state index is 0.248. The summed E-state index contributed by atoms with van der Waals surface area (Å²) in [7, 11) is 10.6. The maximum absolute atomic E-state index is 6.81. The zero-order valence-electron chi connectivity index (χ0n) is 35.5. The molecule has 0 N–H and O–H groups in total. The van der Waals surface area contributed by atoms with Gasteiger partial charge in [-0.15, -0.1) is 0 Å². The third-order valence-electron chi connectivity index (χ3n) is 13.8. The van der Waals surface area contributed by atoms with E-state index in [4.69, 9.17) is 25.9 Å². The molecule has 2 radical (unpaired) electrons. The van der Waals surface area contributed by atoms with E-state index >= 15 is 0 Å². The second kappa shape index (κ2) is 18.5. The van der Waals surface area contributed by atoms with Crippen molar-refractivity contribution in [2.75, 3.05) is 0 Å². The quantitative estimate of drug-likeness (QED) is 0.128.